The van der Waals surface area contributed by atoms with E-state index in [1.54, 1.807) is 24.3 Å². The van der Waals surface area contributed by atoms with E-state index in [9.17, 15) is 18.0 Å². The summed E-state index contributed by atoms with van der Waals surface area (Å²) in [6, 6.07) is 24.5. The fraction of sp³-hybridized carbons (Fsp3) is 0.355. The third-order valence-electron chi connectivity index (χ3n) is 6.08. The van der Waals surface area contributed by atoms with Crippen LogP contribution < -0.4 is 14.4 Å². The van der Waals surface area contributed by atoms with Crippen LogP contribution in [0.25, 0.3) is 0 Å². The summed E-state index contributed by atoms with van der Waals surface area (Å²) in [6.45, 7) is 7.64. The molecular weight excluding hydrogens is 526 g/mol. The maximum atomic E-state index is 14.1. The number of ether oxygens (including phenoxy) is 1. The van der Waals surface area contributed by atoms with E-state index >= 15 is 0 Å². The van der Waals surface area contributed by atoms with Crippen molar-refractivity contribution in [3.05, 3.63) is 96.1 Å². The second-order valence-corrected chi connectivity index (χ2v) is 12.6. The number of nitrogens with zero attached hydrogens (tertiary/aromatic N) is 2. The van der Waals surface area contributed by atoms with Gasteiger partial charge in [-0.05, 0) is 63.1 Å². The fourth-order valence-electron chi connectivity index (χ4n) is 4.28. The molecule has 0 aliphatic carbocycles. The Morgan fingerprint density at radius 1 is 0.875 bits per heavy atom. The third-order valence-corrected chi connectivity index (χ3v) is 7.22. The number of nitrogens with one attached hydrogen (secondary N) is 1. The molecule has 0 saturated heterocycles. The van der Waals surface area contributed by atoms with Gasteiger partial charge in [-0.15, -0.1) is 0 Å². The molecule has 1 N–H and O–H groups in total. The van der Waals surface area contributed by atoms with Crippen molar-refractivity contribution in [1.29, 1.82) is 0 Å². The first-order valence-corrected chi connectivity index (χ1v) is 15.1. The standard InChI is InChI=1S/C31H39N3O5S/c1-6-39-27-19-17-26(18-20-27)34(40(5,37)38)23-29(35)33(22-25-15-11-8-12-16-25)28(30(36)32-31(2,3)4)21-24-13-9-7-10-14-24/h7-20,28H,6,21-23H2,1-5H3,(H,32,36)/t28-/m0/s1. The van der Waals surface area contributed by atoms with Crippen molar-refractivity contribution in [3.63, 3.8) is 0 Å². The van der Waals surface area contributed by atoms with Gasteiger partial charge in [-0.2, -0.15) is 0 Å². The monoisotopic (exact) mass is 565 g/mol. The zero-order chi connectivity index (χ0) is 29.3. The second kappa shape index (κ2) is 13.5. The first-order chi connectivity index (χ1) is 18.9. The lowest BCUT2D eigenvalue weighted by Gasteiger charge is -2.35. The number of hydrogen-bond donors (Lipinski definition) is 1. The fourth-order valence-corrected chi connectivity index (χ4v) is 5.13. The molecule has 3 rings (SSSR count). The van der Waals surface area contributed by atoms with Crippen LogP contribution in [0.4, 0.5) is 5.69 Å². The van der Waals surface area contributed by atoms with E-state index in [0.29, 0.717) is 18.0 Å². The Morgan fingerprint density at radius 3 is 1.93 bits per heavy atom. The van der Waals surface area contributed by atoms with Crippen molar-refractivity contribution in [2.45, 2.75) is 52.2 Å². The molecule has 0 heterocycles. The minimum Gasteiger partial charge on any atom is -0.494 e. The van der Waals surface area contributed by atoms with Gasteiger partial charge in [0.05, 0.1) is 18.6 Å². The van der Waals surface area contributed by atoms with E-state index in [4.69, 9.17) is 4.74 Å². The average Bonchev–Trinajstić information content (AvgIpc) is 2.89. The van der Waals surface area contributed by atoms with Crippen molar-refractivity contribution >= 4 is 27.5 Å². The Labute approximate surface area is 238 Å². The summed E-state index contributed by atoms with van der Waals surface area (Å²) >= 11 is 0. The third kappa shape index (κ3) is 9.12. The van der Waals surface area contributed by atoms with Crippen LogP contribution in [0.15, 0.2) is 84.9 Å². The summed E-state index contributed by atoms with van der Waals surface area (Å²) < 4.78 is 32.3. The molecule has 214 valence electrons. The molecule has 2 amide bonds. The van der Waals surface area contributed by atoms with Crippen LogP contribution in [-0.4, -0.2) is 56.1 Å². The summed E-state index contributed by atoms with van der Waals surface area (Å²) in [4.78, 5) is 29.2. The van der Waals surface area contributed by atoms with Gasteiger partial charge in [0.2, 0.25) is 21.8 Å². The number of sulfonamides is 1. The van der Waals surface area contributed by atoms with Crippen LogP contribution in [0.3, 0.4) is 0 Å². The van der Waals surface area contributed by atoms with E-state index in [1.807, 2.05) is 88.4 Å². The number of rotatable bonds is 12. The lowest BCUT2D eigenvalue weighted by atomic mass is 10.0. The molecule has 0 bridgehead atoms. The zero-order valence-electron chi connectivity index (χ0n) is 23.8. The predicted molar refractivity (Wildman–Crippen MR) is 159 cm³/mol. The molecule has 0 aliphatic heterocycles. The molecule has 3 aromatic carbocycles. The normalized spacial score (nSPS) is 12.3. The van der Waals surface area contributed by atoms with Crippen molar-refractivity contribution in [1.82, 2.24) is 10.2 Å². The summed E-state index contributed by atoms with van der Waals surface area (Å²) in [5, 5.41) is 3.02. The molecule has 40 heavy (non-hydrogen) atoms. The lowest BCUT2D eigenvalue weighted by molar-refractivity contribution is -0.140. The van der Waals surface area contributed by atoms with E-state index in [1.165, 1.54) is 4.90 Å². The number of carbonyl (C=O) groups excluding carboxylic acids is 2. The maximum Gasteiger partial charge on any atom is 0.244 e. The summed E-state index contributed by atoms with van der Waals surface area (Å²) in [5.41, 5.74) is 1.50. The van der Waals surface area contributed by atoms with Crippen molar-refractivity contribution in [2.24, 2.45) is 0 Å². The van der Waals surface area contributed by atoms with E-state index in [2.05, 4.69) is 5.32 Å². The molecule has 1 atom stereocenters. The summed E-state index contributed by atoms with van der Waals surface area (Å²) in [5.74, 6) is -0.209. The number of benzene rings is 3. The van der Waals surface area contributed by atoms with Gasteiger partial charge in [0.15, 0.2) is 0 Å². The highest BCUT2D eigenvalue weighted by atomic mass is 32.2. The molecule has 8 nitrogen and oxygen atoms in total. The Kier molecular flexibility index (Phi) is 10.3. The van der Waals surface area contributed by atoms with Gasteiger partial charge in [0, 0.05) is 18.5 Å². The van der Waals surface area contributed by atoms with Crippen LogP contribution in [0.2, 0.25) is 0 Å². The quantitative estimate of drug-likeness (QED) is 0.351. The predicted octanol–water partition coefficient (Wildman–Crippen LogP) is 4.41. The largest absolute Gasteiger partial charge is 0.494 e. The van der Waals surface area contributed by atoms with Gasteiger partial charge < -0.3 is 15.0 Å². The minimum absolute atomic E-state index is 0.135. The van der Waals surface area contributed by atoms with E-state index in [-0.39, 0.29) is 18.9 Å². The molecule has 0 fully saturated rings. The molecule has 9 heteroatoms. The first-order valence-electron chi connectivity index (χ1n) is 13.3. The van der Waals surface area contributed by atoms with Gasteiger partial charge in [-0.3, -0.25) is 13.9 Å². The van der Waals surface area contributed by atoms with Gasteiger partial charge in [-0.1, -0.05) is 60.7 Å². The van der Waals surface area contributed by atoms with Crippen LogP contribution >= 0.6 is 0 Å². The Hall–Kier alpha value is -3.85. The van der Waals surface area contributed by atoms with Gasteiger partial charge in [-0.25, -0.2) is 8.42 Å². The highest BCUT2D eigenvalue weighted by Crippen LogP contribution is 2.23. The number of hydrogen-bond acceptors (Lipinski definition) is 5. The number of carbonyl (C=O) groups is 2. The van der Waals surface area contributed by atoms with Crippen LogP contribution in [0, 0.1) is 0 Å². The van der Waals surface area contributed by atoms with Crippen molar-refractivity contribution in [3.8, 4) is 5.75 Å². The maximum absolute atomic E-state index is 14.1. The number of anilines is 1. The molecule has 3 aromatic rings. The average molecular weight is 566 g/mol. The molecule has 0 saturated carbocycles. The smallest absolute Gasteiger partial charge is 0.244 e. The van der Waals surface area contributed by atoms with Gasteiger partial charge >= 0.3 is 0 Å². The molecule has 0 unspecified atom stereocenters. The van der Waals surface area contributed by atoms with Crippen molar-refractivity contribution in [2.75, 3.05) is 23.7 Å². The highest BCUT2D eigenvalue weighted by molar-refractivity contribution is 7.92. The van der Waals surface area contributed by atoms with E-state index in [0.717, 1.165) is 21.7 Å². The minimum atomic E-state index is -3.83. The molecule has 0 aromatic heterocycles. The lowest BCUT2D eigenvalue weighted by Crippen LogP contribution is -2.56. The van der Waals surface area contributed by atoms with Crippen molar-refractivity contribution < 1.29 is 22.7 Å². The first kappa shape index (κ1) is 30.7. The molecular formula is C31H39N3O5S. The molecule has 0 spiro atoms. The topological polar surface area (TPSA) is 96.0 Å². The molecule has 0 radical (unpaired) electrons. The second-order valence-electron chi connectivity index (χ2n) is 10.6. The SMILES string of the molecule is CCOc1ccc(N(CC(=O)N(Cc2ccccc2)[C@@H](Cc2ccccc2)C(=O)NC(C)(C)C)S(C)(=O)=O)cc1. The highest BCUT2D eigenvalue weighted by Gasteiger charge is 2.34. The van der Waals surface area contributed by atoms with Crippen LogP contribution in [0.5, 0.6) is 5.75 Å². The number of amides is 2. The van der Waals surface area contributed by atoms with E-state index < -0.39 is 34.1 Å². The van der Waals surface area contributed by atoms with Gasteiger partial charge in [0.1, 0.15) is 18.3 Å². The summed E-state index contributed by atoms with van der Waals surface area (Å²) in [7, 11) is -3.83. The van der Waals surface area contributed by atoms with Crippen LogP contribution in [0.1, 0.15) is 38.8 Å². The van der Waals surface area contributed by atoms with Gasteiger partial charge in [0.25, 0.3) is 0 Å². The zero-order valence-corrected chi connectivity index (χ0v) is 24.6. The Balaban J connectivity index is 2.03. The molecule has 0 aliphatic rings. The Morgan fingerprint density at radius 2 is 1.43 bits per heavy atom. The summed E-state index contributed by atoms with van der Waals surface area (Å²) in [6.07, 6.45) is 1.33. The Bertz CT molecular complexity index is 1360. The van der Waals surface area contributed by atoms with Crippen LogP contribution in [-0.2, 0) is 32.6 Å².